The van der Waals surface area contributed by atoms with E-state index in [4.69, 9.17) is 0 Å². The van der Waals surface area contributed by atoms with E-state index in [1.54, 1.807) is 16.4 Å². The van der Waals surface area contributed by atoms with Crippen LogP contribution in [0.3, 0.4) is 0 Å². The lowest BCUT2D eigenvalue weighted by molar-refractivity contribution is 0.231. The van der Waals surface area contributed by atoms with E-state index in [0.29, 0.717) is 17.5 Å². The van der Waals surface area contributed by atoms with E-state index in [-0.39, 0.29) is 23.8 Å². The van der Waals surface area contributed by atoms with E-state index in [2.05, 4.69) is 120 Å². The van der Waals surface area contributed by atoms with Gasteiger partial charge in [0.05, 0.1) is 19.6 Å². The molecule has 5 unspecified atom stereocenters. The summed E-state index contributed by atoms with van der Waals surface area (Å²) < 4.78 is 0. The van der Waals surface area contributed by atoms with E-state index in [9.17, 15) is 0 Å². The zero-order chi connectivity index (χ0) is 25.6. The smallest absolute Gasteiger partial charge is 0.102 e. The van der Waals surface area contributed by atoms with E-state index in [0.717, 1.165) is 19.3 Å². The largest absolute Gasteiger partial charge is 0.110 e. The molecule has 0 heterocycles. The summed E-state index contributed by atoms with van der Waals surface area (Å²) in [6.45, 7) is 33.4. The Hall–Kier alpha value is -0.870. The Kier molecular flexibility index (Phi) is 11.2. The van der Waals surface area contributed by atoms with Crippen LogP contribution in [0.5, 0.6) is 0 Å². The molecule has 5 atom stereocenters. The van der Waals surface area contributed by atoms with Gasteiger partial charge in [-0.15, -0.1) is 6.58 Å². The van der Waals surface area contributed by atoms with Crippen LogP contribution < -0.4 is 0 Å². The molecule has 0 saturated heterocycles. The fourth-order valence-electron chi connectivity index (χ4n) is 6.27. The lowest BCUT2D eigenvalue weighted by Gasteiger charge is -2.46. The van der Waals surface area contributed by atoms with Gasteiger partial charge in [0, 0.05) is 11.8 Å². The third-order valence-corrected chi connectivity index (χ3v) is 11.6. The highest BCUT2D eigenvalue weighted by atomic mass is 31.1. The zero-order valence-electron chi connectivity index (χ0n) is 24.3. The molecule has 33 heavy (non-hydrogen) atoms. The Balaban J connectivity index is 3.85. The molecule has 1 rings (SSSR count). The predicted molar refractivity (Wildman–Crippen MR) is 157 cm³/mol. The second-order valence-electron chi connectivity index (χ2n) is 12.3. The molecule has 1 aliphatic rings. The van der Waals surface area contributed by atoms with Crippen molar-refractivity contribution >= 4 is 12.8 Å². The number of rotatable bonds is 6. The van der Waals surface area contributed by atoms with Crippen LogP contribution in [0.25, 0.3) is 0 Å². The van der Waals surface area contributed by atoms with Crippen LogP contribution in [-0.4, -0.2) is 17.6 Å². The summed E-state index contributed by atoms with van der Waals surface area (Å²) in [6.07, 6.45) is 18.1. The van der Waals surface area contributed by atoms with Gasteiger partial charge in [-0.1, -0.05) is 90.0 Å². The van der Waals surface area contributed by atoms with Gasteiger partial charge >= 0.3 is 0 Å². The van der Waals surface area contributed by atoms with Crippen LogP contribution >= 0.6 is 7.55 Å². The molecule has 0 spiro atoms. The van der Waals surface area contributed by atoms with Gasteiger partial charge in [-0.2, -0.15) is 0 Å². The fraction of sp³-hybridized carbons (Fsp3) is 0.719. The van der Waals surface area contributed by atoms with E-state index in [1.165, 1.54) is 12.8 Å². The molecule has 0 nitrogen and oxygen atoms in total. The Morgan fingerprint density at radius 1 is 1.12 bits per heavy atom. The molecule has 0 amide bonds. The lowest BCUT2D eigenvalue weighted by atomic mass is 9.57. The Morgan fingerprint density at radius 3 is 2.18 bits per heavy atom. The maximum absolute atomic E-state index is 4.50. The van der Waals surface area contributed by atoms with E-state index in [1.807, 2.05) is 0 Å². The zero-order valence-corrected chi connectivity index (χ0v) is 25.2. The summed E-state index contributed by atoms with van der Waals surface area (Å²) in [4.78, 5) is 0. The molecule has 0 aromatic carbocycles. The van der Waals surface area contributed by atoms with E-state index >= 15 is 0 Å². The Labute approximate surface area is 209 Å². The van der Waals surface area contributed by atoms with Crippen LogP contribution in [0.4, 0.5) is 0 Å². The standard InChI is InChI=1S/C32H56P/c1-14-29(33(13)24(4)5)32(15-2,16-3)31(12)20-18-25(6)17-19-30(10,11)22-26(7)21-27(8)28(9)23-31/h15,17-20,24-26H,2,14,16,21-23H2,1,3-13H3/q+1/b19-17?,20-18?,28-27+. The molecule has 0 N–H and O–H groups in total. The normalized spacial score (nSPS) is 31.8. The predicted octanol–water partition coefficient (Wildman–Crippen LogP) is 10.6. The molecule has 0 radical (unpaired) electrons. The molecule has 0 saturated carbocycles. The number of allylic oxidation sites excluding steroid dienone is 7. The van der Waals surface area contributed by atoms with Crippen molar-refractivity contribution in [2.45, 2.75) is 114 Å². The summed E-state index contributed by atoms with van der Waals surface area (Å²) in [7, 11) is -0.175. The van der Waals surface area contributed by atoms with Crippen molar-refractivity contribution in [1.29, 1.82) is 0 Å². The Bertz CT molecular complexity index is 787. The van der Waals surface area contributed by atoms with Crippen molar-refractivity contribution in [3.05, 3.63) is 48.1 Å². The summed E-state index contributed by atoms with van der Waals surface area (Å²) in [5.74, 6) is 1.12. The first-order valence-corrected chi connectivity index (χ1v) is 15.3. The molecule has 1 aliphatic carbocycles. The molecule has 0 aliphatic heterocycles. The van der Waals surface area contributed by atoms with Crippen LogP contribution in [-0.2, 0) is 0 Å². The molecular formula is C32H56P+. The molecule has 0 aromatic heterocycles. The summed E-state index contributed by atoms with van der Waals surface area (Å²) in [5, 5.41) is 1.74. The minimum absolute atomic E-state index is 0.0129. The van der Waals surface area contributed by atoms with Gasteiger partial charge in [-0.05, 0) is 70.6 Å². The second-order valence-corrected chi connectivity index (χ2v) is 15.1. The minimum Gasteiger partial charge on any atom is -0.102 e. The van der Waals surface area contributed by atoms with Crippen molar-refractivity contribution in [3.63, 3.8) is 0 Å². The van der Waals surface area contributed by atoms with Gasteiger partial charge in [-0.25, -0.2) is 0 Å². The third kappa shape index (κ3) is 7.31. The SMILES string of the molecule is C=CC(CC)(C(CC)=[P+](C)C(C)C)C1(C)C=CC(C)C=CC(C)(C)CC(C)C/C(C)=C(\C)C1. The molecule has 0 bridgehead atoms. The second kappa shape index (κ2) is 12.2. The van der Waals surface area contributed by atoms with Crippen LogP contribution in [0.2, 0.25) is 0 Å². The maximum Gasteiger partial charge on any atom is 0.110 e. The quantitative estimate of drug-likeness (QED) is 0.267. The first kappa shape index (κ1) is 30.2. The van der Waals surface area contributed by atoms with Crippen molar-refractivity contribution in [3.8, 4) is 0 Å². The fourth-order valence-corrected chi connectivity index (χ4v) is 8.52. The monoisotopic (exact) mass is 471 g/mol. The van der Waals surface area contributed by atoms with Crippen molar-refractivity contribution in [2.24, 2.45) is 28.1 Å². The maximum atomic E-state index is 4.50. The van der Waals surface area contributed by atoms with Crippen molar-refractivity contribution in [2.75, 3.05) is 6.66 Å². The van der Waals surface area contributed by atoms with Crippen molar-refractivity contribution < 1.29 is 0 Å². The van der Waals surface area contributed by atoms with Crippen LogP contribution in [0.15, 0.2) is 48.1 Å². The molecular weight excluding hydrogens is 415 g/mol. The highest BCUT2D eigenvalue weighted by Gasteiger charge is 2.49. The van der Waals surface area contributed by atoms with Gasteiger partial charge in [0.25, 0.3) is 0 Å². The van der Waals surface area contributed by atoms with Gasteiger partial charge in [-0.3, -0.25) is 0 Å². The number of hydrogen-bond donors (Lipinski definition) is 0. The Morgan fingerprint density at radius 2 is 1.70 bits per heavy atom. The average molecular weight is 472 g/mol. The summed E-state index contributed by atoms with van der Waals surface area (Å²) >= 11 is 0. The minimum atomic E-state index is -0.175. The molecule has 0 fully saturated rings. The van der Waals surface area contributed by atoms with Gasteiger partial charge in [0.1, 0.15) is 11.0 Å². The third-order valence-electron chi connectivity index (χ3n) is 8.48. The molecule has 188 valence electrons. The van der Waals surface area contributed by atoms with Gasteiger partial charge in [0.2, 0.25) is 0 Å². The van der Waals surface area contributed by atoms with E-state index < -0.39 is 0 Å². The average Bonchev–Trinajstić information content (AvgIpc) is 2.73. The highest BCUT2D eigenvalue weighted by Crippen LogP contribution is 2.54. The molecule has 0 aromatic rings. The summed E-state index contributed by atoms with van der Waals surface area (Å²) in [6, 6.07) is 0. The van der Waals surface area contributed by atoms with Gasteiger partial charge < -0.3 is 0 Å². The van der Waals surface area contributed by atoms with Crippen LogP contribution in [0.1, 0.15) is 108 Å². The molecule has 1 heteroatoms. The summed E-state index contributed by atoms with van der Waals surface area (Å²) in [5.41, 5.74) is 4.13. The highest BCUT2D eigenvalue weighted by molar-refractivity contribution is 7.59. The lowest BCUT2D eigenvalue weighted by Crippen LogP contribution is -2.43. The topological polar surface area (TPSA) is 0 Å². The number of hydrogen-bond acceptors (Lipinski definition) is 0. The van der Waals surface area contributed by atoms with Gasteiger partial charge in [0.15, 0.2) is 0 Å². The van der Waals surface area contributed by atoms with Crippen LogP contribution in [0, 0.1) is 28.1 Å². The first-order valence-electron chi connectivity index (χ1n) is 13.4. The first-order chi connectivity index (χ1) is 15.2. The van der Waals surface area contributed by atoms with Crippen molar-refractivity contribution in [1.82, 2.24) is 0 Å².